The second-order valence-electron chi connectivity index (χ2n) is 2.62. The third-order valence-corrected chi connectivity index (χ3v) is 1.79. The topological polar surface area (TPSA) is 0 Å². The van der Waals surface area contributed by atoms with Crippen LogP contribution in [0, 0.1) is 0 Å². The van der Waals surface area contributed by atoms with E-state index in [2.05, 4.69) is 0 Å². The summed E-state index contributed by atoms with van der Waals surface area (Å²) in [6.07, 6.45) is -8.37. The summed E-state index contributed by atoms with van der Waals surface area (Å²) >= 11 is 0. The molecule has 0 bridgehead atoms. The molecule has 0 aromatic heterocycles. The van der Waals surface area contributed by atoms with Crippen LogP contribution in [0.25, 0.3) is 0 Å². The van der Waals surface area contributed by atoms with Crippen LogP contribution in [0.2, 0.25) is 0 Å². The van der Waals surface area contributed by atoms with Crippen LogP contribution < -0.4 is 0 Å². The monoisotopic (exact) mass is 214 g/mol. The van der Waals surface area contributed by atoms with Crippen molar-refractivity contribution in [2.24, 2.45) is 0 Å². The summed E-state index contributed by atoms with van der Waals surface area (Å²) in [5.74, 6) is -17.3. The Bertz CT molecular complexity index is 199. The van der Waals surface area contributed by atoms with Gasteiger partial charge in [0.05, 0.1) is 0 Å². The molecule has 0 nitrogen and oxygen atoms in total. The van der Waals surface area contributed by atoms with Gasteiger partial charge in [0.1, 0.15) is 0 Å². The van der Waals surface area contributed by atoms with E-state index in [4.69, 9.17) is 0 Å². The van der Waals surface area contributed by atoms with Crippen LogP contribution in [0.1, 0.15) is 0 Å². The summed E-state index contributed by atoms with van der Waals surface area (Å²) < 4.78 is 96.1. The lowest BCUT2D eigenvalue weighted by Crippen LogP contribution is -2.49. The fourth-order valence-corrected chi connectivity index (χ4v) is 0.936. The minimum absolute atomic E-state index is 4.18. The first-order chi connectivity index (χ1) is 5.57. The normalized spacial score (nSPS) is 40.6. The van der Waals surface area contributed by atoms with E-state index in [1.807, 2.05) is 0 Å². The first-order valence-electron chi connectivity index (χ1n) is 2.98. The van der Waals surface area contributed by atoms with E-state index in [0.29, 0.717) is 0 Å². The molecule has 0 aliphatic heterocycles. The Morgan fingerprint density at radius 1 is 0.615 bits per heavy atom. The molecule has 2 atom stereocenters. The highest BCUT2D eigenvalue weighted by Gasteiger charge is 2.86. The molecule has 0 aromatic rings. The third-order valence-electron chi connectivity index (χ3n) is 1.79. The van der Waals surface area contributed by atoms with E-state index in [-0.39, 0.29) is 0 Å². The van der Waals surface area contributed by atoms with Crippen LogP contribution in [0.5, 0.6) is 0 Å². The van der Waals surface area contributed by atoms with Crippen molar-refractivity contribution in [3.05, 3.63) is 0 Å². The maximum atomic E-state index is 12.0. The summed E-state index contributed by atoms with van der Waals surface area (Å²) in [7, 11) is 0. The molecule has 1 saturated carbocycles. The molecular weight excluding hydrogens is 212 g/mol. The van der Waals surface area contributed by atoms with Crippen molar-refractivity contribution in [1.82, 2.24) is 0 Å². The van der Waals surface area contributed by atoms with Crippen LogP contribution in [0.15, 0.2) is 0 Å². The second kappa shape index (κ2) is 2.27. The molecular formula is C5H2F8. The number of hydrogen-bond donors (Lipinski definition) is 0. The van der Waals surface area contributed by atoms with E-state index in [1.165, 1.54) is 0 Å². The lowest BCUT2D eigenvalue weighted by Gasteiger charge is -2.22. The largest absolute Gasteiger partial charge is 0.378 e. The van der Waals surface area contributed by atoms with Gasteiger partial charge in [-0.3, -0.25) is 0 Å². The summed E-state index contributed by atoms with van der Waals surface area (Å²) in [6.45, 7) is 0. The van der Waals surface area contributed by atoms with Crippen molar-refractivity contribution in [3.8, 4) is 0 Å². The molecule has 1 fully saturated rings. The van der Waals surface area contributed by atoms with Gasteiger partial charge in [0, 0.05) is 0 Å². The quantitative estimate of drug-likeness (QED) is 0.543. The van der Waals surface area contributed by atoms with Crippen molar-refractivity contribution in [2.75, 3.05) is 0 Å². The van der Waals surface area contributed by atoms with Gasteiger partial charge in [-0.25, -0.2) is 8.78 Å². The van der Waals surface area contributed by atoms with E-state index in [1.54, 1.807) is 0 Å². The maximum Gasteiger partial charge on any atom is 0.378 e. The fraction of sp³-hybridized carbons (Fsp3) is 1.00. The fourth-order valence-electron chi connectivity index (χ4n) is 0.936. The van der Waals surface area contributed by atoms with Crippen LogP contribution in [0.3, 0.4) is 0 Å². The highest BCUT2D eigenvalue weighted by molar-refractivity contribution is 5.14. The molecule has 0 N–H and O–H groups in total. The van der Waals surface area contributed by atoms with Gasteiger partial charge in [-0.05, 0) is 0 Å². The maximum absolute atomic E-state index is 12.0. The zero-order valence-corrected chi connectivity index (χ0v) is 5.68. The molecule has 0 aromatic carbocycles. The molecule has 13 heavy (non-hydrogen) atoms. The van der Waals surface area contributed by atoms with Crippen LogP contribution in [0.4, 0.5) is 35.1 Å². The predicted octanol–water partition coefficient (Wildman–Crippen LogP) is 2.58. The summed E-state index contributed by atoms with van der Waals surface area (Å²) in [6, 6.07) is 0. The number of alkyl halides is 8. The van der Waals surface area contributed by atoms with Crippen molar-refractivity contribution in [2.45, 2.75) is 30.1 Å². The minimum atomic E-state index is -5.99. The zero-order chi connectivity index (χ0) is 10.7. The highest BCUT2D eigenvalue weighted by atomic mass is 19.4. The Labute approximate surface area is 66.5 Å². The Kier molecular flexibility index (Phi) is 1.84. The van der Waals surface area contributed by atoms with Gasteiger partial charge in [0.15, 0.2) is 0 Å². The van der Waals surface area contributed by atoms with Crippen molar-refractivity contribution < 1.29 is 35.1 Å². The molecule has 1 unspecified atom stereocenters. The lowest BCUT2D eigenvalue weighted by molar-refractivity contribution is -0.281. The van der Waals surface area contributed by atoms with Crippen molar-refractivity contribution in [3.63, 3.8) is 0 Å². The molecule has 0 spiro atoms. The van der Waals surface area contributed by atoms with Gasteiger partial charge in [0.25, 0.3) is 0 Å². The molecule has 1 rings (SSSR count). The minimum Gasteiger partial charge on any atom is -0.237 e. The van der Waals surface area contributed by atoms with Gasteiger partial charge in [0.2, 0.25) is 12.3 Å². The first kappa shape index (κ1) is 10.5. The molecule has 0 heterocycles. The second-order valence-corrected chi connectivity index (χ2v) is 2.62. The molecule has 0 amide bonds. The van der Waals surface area contributed by atoms with Gasteiger partial charge in [-0.15, -0.1) is 0 Å². The van der Waals surface area contributed by atoms with E-state index < -0.39 is 30.1 Å². The van der Waals surface area contributed by atoms with E-state index in [0.717, 1.165) is 0 Å². The molecule has 8 heteroatoms. The van der Waals surface area contributed by atoms with Crippen LogP contribution >= 0.6 is 0 Å². The Morgan fingerprint density at radius 3 is 0.923 bits per heavy atom. The van der Waals surface area contributed by atoms with E-state index in [9.17, 15) is 35.1 Å². The predicted molar refractivity (Wildman–Crippen MR) is 24.6 cm³/mol. The molecule has 0 radical (unpaired) electrons. The van der Waals surface area contributed by atoms with Gasteiger partial charge < -0.3 is 0 Å². The molecule has 78 valence electrons. The average molecular weight is 214 g/mol. The zero-order valence-electron chi connectivity index (χ0n) is 5.68. The SMILES string of the molecule is FC1[C@@H](F)C(F)(F)C(F)(F)C1(F)F. The summed E-state index contributed by atoms with van der Waals surface area (Å²) in [5.41, 5.74) is 0. The van der Waals surface area contributed by atoms with Gasteiger partial charge in [-0.2, -0.15) is 26.3 Å². The van der Waals surface area contributed by atoms with Gasteiger partial charge in [-0.1, -0.05) is 0 Å². The van der Waals surface area contributed by atoms with Crippen molar-refractivity contribution >= 4 is 0 Å². The molecule has 1 aliphatic rings. The molecule has 0 saturated heterocycles. The summed E-state index contributed by atoms with van der Waals surface area (Å²) in [4.78, 5) is 0. The Hall–Kier alpha value is -0.560. The highest BCUT2D eigenvalue weighted by Crippen LogP contribution is 2.58. The standard InChI is InChI=1S/C5H2F8/c6-1-2(7)4(10,11)5(12,13)3(1,8)9/h1-2H/t1-,2?/m1/s1. The number of halogens is 8. The smallest absolute Gasteiger partial charge is 0.237 e. The van der Waals surface area contributed by atoms with Crippen LogP contribution in [-0.4, -0.2) is 30.1 Å². The number of hydrogen-bond acceptors (Lipinski definition) is 0. The lowest BCUT2D eigenvalue weighted by atomic mass is 10.2. The summed E-state index contributed by atoms with van der Waals surface area (Å²) in [5, 5.41) is 0. The average Bonchev–Trinajstić information content (AvgIpc) is 2.05. The molecule has 1 aliphatic carbocycles. The third kappa shape index (κ3) is 0.912. The first-order valence-corrected chi connectivity index (χ1v) is 2.98. The Morgan fingerprint density at radius 2 is 0.846 bits per heavy atom. The number of rotatable bonds is 0. The van der Waals surface area contributed by atoms with Crippen LogP contribution in [-0.2, 0) is 0 Å². The van der Waals surface area contributed by atoms with Crippen molar-refractivity contribution in [1.29, 1.82) is 0 Å². The van der Waals surface area contributed by atoms with E-state index >= 15 is 0 Å². The Balaban J connectivity index is 3.23. The van der Waals surface area contributed by atoms with Gasteiger partial charge >= 0.3 is 17.8 Å².